The van der Waals surface area contributed by atoms with Crippen LogP contribution < -0.4 is 0 Å². The van der Waals surface area contributed by atoms with E-state index in [1.54, 1.807) is 0 Å². The lowest BCUT2D eigenvalue weighted by atomic mass is 9.80. The highest BCUT2D eigenvalue weighted by Crippen LogP contribution is 2.42. The Morgan fingerprint density at radius 1 is 0.955 bits per heavy atom. The Morgan fingerprint density at radius 3 is 2.64 bits per heavy atom. The van der Waals surface area contributed by atoms with E-state index in [1.165, 1.54) is 38.6 Å². The molecule has 5 heterocycles. The zero-order valence-electron chi connectivity index (χ0n) is 12.9. The second-order valence-corrected chi connectivity index (χ2v) is 8.49. The summed E-state index contributed by atoms with van der Waals surface area (Å²) in [5.74, 6) is 0.778. The standard InChI is InChI=1S/C15H26N2O4S/c18-22(19,20)21-12-6-8-16-10-11-4-5-14(15(16)9-12)17-7-2-1-3-13(11)17/h11-15H,1-10H2,(H,18,19,20)/t11-,12?,13+,14?,15-/m0/s1. The van der Waals surface area contributed by atoms with Crippen LogP contribution in [0.4, 0.5) is 0 Å². The van der Waals surface area contributed by atoms with E-state index in [1.807, 2.05) is 0 Å². The summed E-state index contributed by atoms with van der Waals surface area (Å²) in [5.41, 5.74) is 0. The number of hydrogen-bond acceptors (Lipinski definition) is 5. The summed E-state index contributed by atoms with van der Waals surface area (Å²) in [6.45, 7) is 3.24. The van der Waals surface area contributed by atoms with Crippen LogP contribution >= 0.6 is 0 Å². The zero-order valence-corrected chi connectivity index (χ0v) is 13.7. The molecule has 1 N–H and O–H groups in total. The molecule has 5 fully saturated rings. The lowest BCUT2D eigenvalue weighted by Gasteiger charge is -2.49. The quantitative estimate of drug-likeness (QED) is 0.769. The molecule has 2 bridgehead atoms. The van der Waals surface area contributed by atoms with Gasteiger partial charge < -0.3 is 0 Å². The molecule has 6 nitrogen and oxygen atoms in total. The largest absolute Gasteiger partial charge is 0.397 e. The average Bonchev–Trinajstić information content (AvgIpc) is 2.72. The van der Waals surface area contributed by atoms with E-state index in [-0.39, 0.29) is 6.10 Å². The molecule has 2 unspecified atom stereocenters. The minimum atomic E-state index is -4.34. The van der Waals surface area contributed by atoms with Crippen LogP contribution in [-0.4, -0.2) is 66.6 Å². The maximum atomic E-state index is 11.0. The van der Waals surface area contributed by atoms with E-state index in [0.717, 1.165) is 31.5 Å². The molecule has 0 aliphatic carbocycles. The number of piperidine rings is 3. The molecule has 5 aliphatic rings. The number of nitrogens with zero attached hydrogens (tertiary/aromatic N) is 2. The van der Waals surface area contributed by atoms with E-state index in [9.17, 15) is 8.42 Å². The molecule has 5 rings (SSSR count). The van der Waals surface area contributed by atoms with Crippen LogP contribution in [0.5, 0.6) is 0 Å². The lowest BCUT2D eigenvalue weighted by Crippen LogP contribution is -2.57. The Labute approximate surface area is 132 Å². The second-order valence-electron chi connectivity index (χ2n) is 7.44. The predicted octanol–water partition coefficient (Wildman–Crippen LogP) is 1.29. The maximum Gasteiger partial charge on any atom is 0.397 e. The van der Waals surface area contributed by atoms with Crippen molar-refractivity contribution in [2.45, 2.75) is 69.2 Å². The van der Waals surface area contributed by atoms with Crippen molar-refractivity contribution in [2.75, 3.05) is 19.6 Å². The van der Waals surface area contributed by atoms with Gasteiger partial charge in [-0.05, 0) is 51.0 Å². The van der Waals surface area contributed by atoms with Crippen LogP contribution in [0.1, 0.15) is 44.9 Å². The monoisotopic (exact) mass is 330 g/mol. The van der Waals surface area contributed by atoms with Gasteiger partial charge in [-0.15, -0.1) is 0 Å². The fraction of sp³-hybridized carbons (Fsp3) is 1.00. The Kier molecular flexibility index (Phi) is 3.97. The van der Waals surface area contributed by atoms with Crippen molar-refractivity contribution in [3.8, 4) is 0 Å². The van der Waals surface area contributed by atoms with Crippen molar-refractivity contribution >= 4 is 10.4 Å². The fourth-order valence-corrected chi connectivity index (χ4v) is 5.99. The van der Waals surface area contributed by atoms with Gasteiger partial charge >= 0.3 is 10.4 Å². The van der Waals surface area contributed by atoms with Crippen LogP contribution in [0, 0.1) is 5.92 Å². The van der Waals surface area contributed by atoms with Gasteiger partial charge in [-0.2, -0.15) is 8.42 Å². The molecule has 5 saturated heterocycles. The minimum Gasteiger partial charge on any atom is -0.298 e. The van der Waals surface area contributed by atoms with Crippen LogP contribution in [0.3, 0.4) is 0 Å². The molecule has 22 heavy (non-hydrogen) atoms. The van der Waals surface area contributed by atoms with Crippen molar-refractivity contribution < 1.29 is 17.2 Å². The van der Waals surface area contributed by atoms with Crippen molar-refractivity contribution in [1.82, 2.24) is 9.80 Å². The van der Waals surface area contributed by atoms with Gasteiger partial charge in [0.2, 0.25) is 0 Å². The van der Waals surface area contributed by atoms with Crippen LogP contribution in [0.2, 0.25) is 0 Å². The number of rotatable bonds is 2. The summed E-state index contributed by atoms with van der Waals surface area (Å²) >= 11 is 0. The molecular weight excluding hydrogens is 304 g/mol. The van der Waals surface area contributed by atoms with Gasteiger partial charge in [-0.3, -0.25) is 14.4 Å². The summed E-state index contributed by atoms with van der Waals surface area (Å²) < 4.78 is 35.9. The number of fused-ring (bicyclic) bond motifs is 1. The molecule has 0 aromatic heterocycles. The molecule has 0 amide bonds. The lowest BCUT2D eigenvalue weighted by molar-refractivity contribution is -0.00414. The molecule has 0 radical (unpaired) electrons. The Balaban J connectivity index is 1.55. The molecule has 7 heteroatoms. The molecule has 0 aromatic rings. The van der Waals surface area contributed by atoms with Gasteiger partial charge in [-0.1, -0.05) is 6.42 Å². The summed E-state index contributed by atoms with van der Waals surface area (Å²) in [6.07, 6.45) is 7.55. The van der Waals surface area contributed by atoms with Gasteiger partial charge in [0.05, 0.1) is 6.10 Å². The first kappa shape index (κ1) is 15.3. The van der Waals surface area contributed by atoms with E-state index in [0.29, 0.717) is 18.5 Å². The molecule has 5 atom stereocenters. The summed E-state index contributed by atoms with van der Waals surface area (Å²) in [4.78, 5) is 5.29. The SMILES string of the molecule is O=S(=O)(O)OC1CCN2C[C@@H]3CCC([C@@H]2C1)N1CCCC[C@H]31. The molecule has 0 aromatic carbocycles. The van der Waals surface area contributed by atoms with Gasteiger partial charge in [0.25, 0.3) is 0 Å². The van der Waals surface area contributed by atoms with Crippen molar-refractivity contribution in [3.05, 3.63) is 0 Å². The average molecular weight is 330 g/mol. The van der Waals surface area contributed by atoms with Crippen molar-refractivity contribution in [2.24, 2.45) is 5.92 Å². The van der Waals surface area contributed by atoms with E-state index < -0.39 is 10.4 Å². The van der Waals surface area contributed by atoms with E-state index >= 15 is 0 Å². The van der Waals surface area contributed by atoms with E-state index in [4.69, 9.17) is 8.74 Å². The van der Waals surface area contributed by atoms with Gasteiger partial charge in [-0.25, -0.2) is 4.18 Å². The third-order valence-electron chi connectivity index (χ3n) is 6.28. The molecule has 0 spiro atoms. The summed E-state index contributed by atoms with van der Waals surface area (Å²) in [7, 11) is -4.34. The third-order valence-corrected chi connectivity index (χ3v) is 6.79. The van der Waals surface area contributed by atoms with E-state index in [2.05, 4.69) is 9.80 Å². The normalized spacial score (nSPS) is 43.4. The maximum absolute atomic E-state index is 11.0. The zero-order chi connectivity index (χ0) is 15.3. The Morgan fingerprint density at radius 2 is 1.82 bits per heavy atom. The molecule has 0 saturated carbocycles. The predicted molar refractivity (Wildman–Crippen MR) is 81.9 cm³/mol. The van der Waals surface area contributed by atoms with Crippen LogP contribution in [0.25, 0.3) is 0 Å². The van der Waals surface area contributed by atoms with Crippen molar-refractivity contribution in [1.29, 1.82) is 0 Å². The fourth-order valence-electron chi connectivity index (χ4n) is 5.47. The summed E-state index contributed by atoms with van der Waals surface area (Å²) in [6, 6.07) is 1.66. The smallest absolute Gasteiger partial charge is 0.298 e. The topological polar surface area (TPSA) is 70.1 Å². The van der Waals surface area contributed by atoms with Gasteiger partial charge in [0, 0.05) is 31.2 Å². The Hall–Kier alpha value is -0.210. The highest BCUT2D eigenvalue weighted by Gasteiger charge is 2.49. The first-order chi connectivity index (χ1) is 10.5. The first-order valence-corrected chi connectivity index (χ1v) is 10.0. The second kappa shape index (κ2) is 5.70. The molecule has 5 aliphatic heterocycles. The molecule has 126 valence electrons. The van der Waals surface area contributed by atoms with Gasteiger partial charge in [0.15, 0.2) is 0 Å². The van der Waals surface area contributed by atoms with Crippen molar-refractivity contribution in [3.63, 3.8) is 0 Å². The summed E-state index contributed by atoms with van der Waals surface area (Å²) in [5, 5.41) is 0. The highest BCUT2D eigenvalue weighted by molar-refractivity contribution is 7.80. The Bertz CT molecular complexity index is 526. The van der Waals surface area contributed by atoms with Crippen LogP contribution in [-0.2, 0) is 14.6 Å². The first-order valence-electron chi connectivity index (χ1n) is 8.67. The minimum absolute atomic E-state index is 0.364. The number of hydrogen-bond donors (Lipinski definition) is 1. The third kappa shape index (κ3) is 2.82. The highest BCUT2D eigenvalue weighted by atomic mass is 32.3. The van der Waals surface area contributed by atoms with Crippen LogP contribution in [0.15, 0.2) is 0 Å². The molecular formula is C15H26N2O4S. The van der Waals surface area contributed by atoms with Gasteiger partial charge in [0.1, 0.15) is 0 Å².